The molecule has 1 saturated heterocycles. The van der Waals surface area contributed by atoms with Gasteiger partial charge in [-0.15, -0.1) is 0 Å². The van der Waals surface area contributed by atoms with Gasteiger partial charge < -0.3 is 19.5 Å². The number of carbonyl (C=O) groups excluding carboxylic acids is 1. The van der Waals surface area contributed by atoms with Gasteiger partial charge in [-0.25, -0.2) is 0 Å². The smallest absolute Gasteiger partial charge is 0.270 e. The molecule has 25 heavy (non-hydrogen) atoms. The third-order valence-corrected chi connectivity index (χ3v) is 4.76. The van der Waals surface area contributed by atoms with E-state index >= 15 is 0 Å². The summed E-state index contributed by atoms with van der Waals surface area (Å²) < 4.78 is 5.20. The number of amides is 1. The Kier molecular flexibility index (Phi) is 4.06. The molecule has 1 aliphatic heterocycles. The largest absolute Gasteiger partial charge is 0.497 e. The summed E-state index contributed by atoms with van der Waals surface area (Å²) in [6.45, 7) is 3.11. The fourth-order valence-corrected chi connectivity index (χ4v) is 3.32. The highest BCUT2D eigenvalue weighted by Crippen LogP contribution is 2.21. The fraction of sp³-hybridized carbons (Fsp3) is 0.250. The fourth-order valence-electron chi connectivity index (χ4n) is 3.32. The van der Waals surface area contributed by atoms with E-state index in [0.29, 0.717) is 5.69 Å². The van der Waals surface area contributed by atoms with E-state index in [-0.39, 0.29) is 5.91 Å². The topological polar surface area (TPSA) is 48.6 Å². The van der Waals surface area contributed by atoms with E-state index in [2.05, 4.69) is 22.0 Å². The van der Waals surface area contributed by atoms with Gasteiger partial charge in [-0.2, -0.15) is 0 Å². The second-order valence-corrected chi connectivity index (χ2v) is 6.25. The first-order valence-electron chi connectivity index (χ1n) is 8.50. The molecule has 2 aromatic carbocycles. The van der Waals surface area contributed by atoms with Crippen LogP contribution in [0.4, 0.5) is 5.69 Å². The van der Waals surface area contributed by atoms with Crippen LogP contribution in [0.1, 0.15) is 10.5 Å². The van der Waals surface area contributed by atoms with Gasteiger partial charge in [0.1, 0.15) is 11.4 Å². The number of benzene rings is 2. The number of rotatable bonds is 3. The van der Waals surface area contributed by atoms with E-state index < -0.39 is 0 Å². The van der Waals surface area contributed by atoms with Crippen LogP contribution >= 0.6 is 0 Å². The Morgan fingerprint density at radius 2 is 1.72 bits per heavy atom. The molecule has 2 heterocycles. The van der Waals surface area contributed by atoms with Gasteiger partial charge in [-0.1, -0.05) is 18.2 Å². The molecule has 0 spiro atoms. The standard InChI is InChI=1S/C20H21N3O2/c1-25-17-8-6-16(7-9-17)22-10-12-23(13-11-22)20(24)19-14-15-4-2-3-5-18(15)21-19/h2-9,14,21H,10-13H2,1H3. The number of nitrogens with zero attached hydrogens (tertiary/aromatic N) is 2. The third kappa shape index (κ3) is 3.05. The predicted molar refractivity (Wildman–Crippen MR) is 99.4 cm³/mol. The first-order chi connectivity index (χ1) is 12.2. The molecule has 0 unspecified atom stereocenters. The van der Waals surface area contributed by atoms with Crippen LogP contribution in [-0.4, -0.2) is 49.1 Å². The van der Waals surface area contributed by atoms with Crippen LogP contribution in [0.15, 0.2) is 54.6 Å². The number of hydrogen-bond donors (Lipinski definition) is 1. The number of hydrogen-bond acceptors (Lipinski definition) is 3. The van der Waals surface area contributed by atoms with Gasteiger partial charge in [0, 0.05) is 42.8 Å². The average Bonchev–Trinajstić information content (AvgIpc) is 3.12. The summed E-state index contributed by atoms with van der Waals surface area (Å²) in [6, 6.07) is 18.0. The Bertz CT molecular complexity index is 844. The Balaban J connectivity index is 1.43. The van der Waals surface area contributed by atoms with Crippen molar-refractivity contribution < 1.29 is 9.53 Å². The van der Waals surface area contributed by atoms with Crippen molar-refractivity contribution in [3.63, 3.8) is 0 Å². The lowest BCUT2D eigenvalue weighted by Gasteiger charge is -2.36. The van der Waals surface area contributed by atoms with Crippen LogP contribution in [0.25, 0.3) is 10.9 Å². The van der Waals surface area contributed by atoms with E-state index in [1.807, 2.05) is 47.4 Å². The summed E-state index contributed by atoms with van der Waals surface area (Å²) in [5.41, 5.74) is 2.83. The normalized spacial score (nSPS) is 14.8. The van der Waals surface area contributed by atoms with Crippen molar-refractivity contribution in [3.05, 3.63) is 60.3 Å². The molecule has 1 fully saturated rings. The monoisotopic (exact) mass is 335 g/mol. The molecular formula is C20H21N3O2. The molecule has 1 amide bonds. The van der Waals surface area contributed by atoms with Gasteiger partial charge in [-0.05, 0) is 36.4 Å². The highest BCUT2D eigenvalue weighted by Gasteiger charge is 2.23. The maximum absolute atomic E-state index is 12.8. The molecule has 1 N–H and O–H groups in total. The predicted octanol–water partition coefficient (Wildman–Crippen LogP) is 3.14. The SMILES string of the molecule is COc1ccc(N2CCN(C(=O)c3cc4ccccc4[nH]3)CC2)cc1. The van der Waals surface area contributed by atoms with Crippen molar-refractivity contribution in [2.45, 2.75) is 0 Å². The molecule has 128 valence electrons. The van der Waals surface area contributed by atoms with Gasteiger partial charge in [0.25, 0.3) is 5.91 Å². The molecule has 4 rings (SSSR count). The molecule has 5 nitrogen and oxygen atoms in total. The Morgan fingerprint density at radius 1 is 1.00 bits per heavy atom. The van der Waals surface area contributed by atoms with Gasteiger partial charge in [0.05, 0.1) is 7.11 Å². The highest BCUT2D eigenvalue weighted by atomic mass is 16.5. The number of piperazine rings is 1. The summed E-state index contributed by atoms with van der Waals surface area (Å²) >= 11 is 0. The van der Waals surface area contributed by atoms with Crippen LogP contribution in [0.2, 0.25) is 0 Å². The van der Waals surface area contributed by atoms with Crippen LogP contribution in [0, 0.1) is 0 Å². The Morgan fingerprint density at radius 3 is 2.40 bits per heavy atom. The number of aromatic amines is 1. The van der Waals surface area contributed by atoms with Gasteiger partial charge in [0.2, 0.25) is 0 Å². The van der Waals surface area contributed by atoms with Crippen molar-refractivity contribution in [1.29, 1.82) is 0 Å². The van der Waals surface area contributed by atoms with E-state index in [9.17, 15) is 4.79 Å². The van der Waals surface area contributed by atoms with Gasteiger partial charge >= 0.3 is 0 Å². The van der Waals surface area contributed by atoms with Crippen LogP contribution < -0.4 is 9.64 Å². The van der Waals surface area contributed by atoms with Crippen LogP contribution in [-0.2, 0) is 0 Å². The second kappa shape index (κ2) is 6.51. The summed E-state index contributed by atoms with van der Waals surface area (Å²) in [6.07, 6.45) is 0. The number of carbonyl (C=O) groups is 1. The number of methoxy groups -OCH3 is 1. The summed E-state index contributed by atoms with van der Waals surface area (Å²) in [4.78, 5) is 20.2. The zero-order valence-electron chi connectivity index (χ0n) is 14.2. The number of para-hydroxylation sites is 1. The number of anilines is 1. The molecule has 0 aliphatic carbocycles. The van der Waals surface area contributed by atoms with E-state index in [1.54, 1.807) is 7.11 Å². The number of fused-ring (bicyclic) bond motifs is 1. The maximum atomic E-state index is 12.8. The zero-order chi connectivity index (χ0) is 17.2. The molecule has 1 aromatic heterocycles. The quantitative estimate of drug-likeness (QED) is 0.800. The van der Waals surface area contributed by atoms with Crippen LogP contribution in [0.3, 0.4) is 0 Å². The summed E-state index contributed by atoms with van der Waals surface area (Å²) in [5, 5.41) is 1.07. The lowest BCUT2D eigenvalue weighted by atomic mass is 10.2. The van der Waals surface area contributed by atoms with Gasteiger partial charge in [-0.3, -0.25) is 4.79 Å². The number of H-pyrrole nitrogens is 1. The minimum atomic E-state index is 0.0746. The van der Waals surface area contributed by atoms with Crippen molar-refractivity contribution in [2.75, 3.05) is 38.2 Å². The van der Waals surface area contributed by atoms with Crippen LogP contribution in [0.5, 0.6) is 5.75 Å². The van der Waals surface area contributed by atoms with E-state index in [4.69, 9.17) is 4.74 Å². The van der Waals surface area contributed by atoms with Crippen molar-refractivity contribution in [3.8, 4) is 5.75 Å². The summed E-state index contributed by atoms with van der Waals surface area (Å²) in [7, 11) is 1.67. The minimum absolute atomic E-state index is 0.0746. The Labute approximate surface area is 146 Å². The minimum Gasteiger partial charge on any atom is -0.497 e. The molecule has 0 bridgehead atoms. The van der Waals surface area contributed by atoms with Crippen molar-refractivity contribution >= 4 is 22.5 Å². The average molecular weight is 335 g/mol. The second-order valence-electron chi connectivity index (χ2n) is 6.25. The molecule has 0 atom stereocenters. The first-order valence-corrected chi connectivity index (χ1v) is 8.50. The maximum Gasteiger partial charge on any atom is 0.270 e. The molecule has 0 saturated carbocycles. The molecule has 0 radical (unpaired) electrons. The van der Waals surface area contributed by atoms with Gasteiger partial charge in [0.15, 0.2) is 0 Å². The molecule has 1 aliphatic rings. The first kappa shape index (κ1) is 15.6. The molecular weight excluding hydrogens is 314 g/mol. The van der Waals surface area contributed by atoms with E-state index in [1.165, 1.54) is 5.69 Å². The lowest BCUT2D eigenvalue weighted by Crippen LogP contribution is -2.48. The summed E-state index contributed by atoms with van der Waals surface area (Å²) in [5.74, 6) is 0.932. The number of aromatic nitrogens is 1. The number of nitrogens with one attached hydrogen (secondary N) is 1. The lowest BCUT2D eigenvalue weighted by molar-refractivity contribution is 0.0742. The zero-order valence-corrected chi connectivity index (χ0v) is 14.2. The van der Waals surface area contributed by atoms with Crippen molar-refractivity contribution in [2.24, 2.45) is 0 Å². The van der Waals surface area contributed by atoms with Crippen molar-refractivity contribution in [1.82, 2.24) is 9.88 Å². The van der Waals surface area contributed by atoms with E-state index in [0.717, 1.165) is 42.8 Å². The molecule has 3 aromatic rings. The third-order valence-electron chi connectivity index (χ3n) is 4.76. The Hall–Kier alpha value is -2.95. The molecule has 5 heteroatoms. The number of ether oxygens (including phenoxy) is 1. The highest BCUT2D eigenvalue weighted by molar-refractivity contribution is 5.98.